The SMILES string of the molecule is CC[Si](CC)(CC)O[C@@]12CCO[C@@H]1Nc1ccccc12. The summed E-state index contributed by atoms with van der Waals surface area (Å²) in [5.41, 5.74) is 2.24. The molecule has 2 aliphatic rings. The second-order valence-electron chi connectivity index (χ2n) is 5.93. The predicted octanol–water partition coefficient (Wildman–Crippen LogP) is 4.08. The second-order valence-corrected chi connectivity index (χ2v) is 10.6. The van der Waals surface area contributed by atoms with Crippen molar-refractivity contribution in [2.75, 3.05) is 11.9 Å². The van der Waals surface area contributed by atoms with Gasteiger partial charge < -0.3 is 14.5 Å². The number of hydrogen-bond acceptors (Lipinski definition) is 3. The predicted molar refractivity (Wildman–Crippen MR) is 84.4 cm³/mol. The van der Waals surface area contributed by atoms with Crippen LogP contribution in [0.25, 0.3) is 0 Å². The quantitative estimate of drug-likeness (QED) is 0.829. The second kappa shape index (κ2) is 5.17. The van der Waals surface area contributed by atoms with Crippen molar-refractivity contribution in [3.8, 4) is 0 Å². The molecule has 0 saturated carbocycles. The lowest BCUT2D eigenvalue weighted by molar-refractivity contribution is -0.00493. The summed E-state index contributed by atoms with van der Waals surface area (Å²) in [6, 6.07) is 12.1. The molecule has 0 bridgehead atoms. The Hall–Kier alpha value is -0.843. The Labute approximate surface area is 122 Å². The van der Waals surface area contributed by atoms with Gasteiger partial charge in [-0.25, -0.2) is 0 Å². The molecule has 1 N–H and O–H groups in total. The van der Waals surface area contributed by atoms with Crippen molar-refractivity contribution in [3.05, 3.63) is 29.8 Å². The Kier molecular flexibility index (Phi) is 3.65. The molecule has 0 unspecified atom stereocenters. The topological polar surface area (TPSA) is 30.5 Å². The van der Waals surface area contributed by atoms with Crippen LogP contribution in [0.2, 0.25) is 18.1 Å². The highest BCUT2D eigenvalue weighted by molar-refractivity contribution is 6.73. The normalized spacial score (nSPS) is 28.1. The highest BCUT2D eigenvalue weighted by Crippen LogP contribution is 2.50. The first-order valence-corrected chi connectivity index (χ1v) is 10.4. The lowest BCUT2D eigenvalue weighted by atomic mass is 9.93. The minimum absolute atomic E-state index is 0.00331. The molecule has 0 aromatic heterocycles. The van der Waals surface area contributed by atoms with E-state index in [4.69, 9.17) is 9.16 Å². The standard InChI is InChI=1S/C16H25NO2Si/c1-4-20(5-2,6-3)19-16-11-12-18-15(16)17-14-10-8-7-9-13(14)16/h7-10,15,17H,4-6,11-12H2,1-3H3/t15-,16+/m0/s1. The van der Waals surface area contributed by atoms with Crippen LogP contribution in [0, 0.1) is 0 Å². The number of nitrogens with one attached hydrogen (secondary N) is 1. The molecule has 0 aliphatic carbocycles. The van der Waals surface area contributed by atoms with E-state index in [-0.39, 0.29) is 11.8 Å². The minimum atomic E-state index is -1.67. The zero-order chi connectivity index (χ0) is 14.2. The molecule has 110 valence electrons. The first kappa shape index (κ1) is 14.1. The maximum absolute atomic E-state index is 6.94. The Bertz CT molecular complexity index is 481. The van der Waals surface area contributed by atoms with Crippen LogP contribution in [0.4, 0.5) is 5.69 Å². The van der Waals surface area contributed by atoms with Gasteiger partial charge in [0.2, 0.25) is 0 Å². The smallest absolute Gasteiger partial charge is 0.193 e. The first-order chi connectivity index (χ1) is 9.69. The minimum Gasteiger partial charge on any atom is -0.403 e. The Morgan fingerprint density at radius 2 is 1.95 bits per heavy atom. The highest BCUT2D eigenvalue weighted by atomic mass is 28.4. The number of fused-ring (bicyclic) bond motifs is 3. The molecule has 4 heteroatoms. The zero-order valence-electron chi connectivity index (χ0n) is 12.7. The zero-order valence-corrected chi connectivity index (χ0v) is 13.7. The summed E-state index contributed by atoms with van der Waals surface area (Å²) in [6.07, 6.45) is 0.965. The summed E-state index contributed by atoms with van der Waals surface area (Å²) in [6.45, 7) is 7.65. The maximum atomic E-state index is 6.94. The van der Waals surface area contributed by atoms with Gasteiger partial charge in [0.1, 0.15) is 5.60 Å². The van der Waals surface area contributed by atoms with Gasteiger partial charge in [0.15, 0.2) is 14.5 Å². The average Bonchev–Trinajstić information content (AvgIpc) is 3.01. The molecule has 0 spiro atoms. The van der Waals surface area contributed by atoms with Gasteiger partial charge in [-0.2, -0.15) is 0 Å². The lowest BCUT2D eigenvalue weighted by Gasteiger charge is -2.39. The van der Waals surface area contributed by atoms with Crippen LogP contribution in [0.5, 0.6) is 0 Å². The van der Waals surface area contributed by atoms with Gasteiger partial charge in [-0.3, -0.25) is 0 Å². The summed E-state index contributed by atoms with van der Waals surface area (Å²) >= 11 is 0. The Morgan fingerprint density at radius 1 is 1.25 bits per heavy atom. The number of para-hydroxylation sites is 1. The van der Waals surface area contributed by atoms with Gasteiger partial charge in [-0.1, -0.05) is 39.0 Å². The highest BCUT2D eigenvalue weighted by Gasteiger charge is 2.55. The van der Waals surface area contributed by atoms with Crippen LogP contribution in [-0.4, -0.2) is 21.2 Å². The number of anilines is 1. The van der Waals surface area contributed by atoms with Gasteiger partial charge in [-0.05, 0) is 24.2 Å². The fourth-order valence-corrected chi connectivity index (χ4v) is 6.68. The summed E-state index contributed by atoms with van der Waals surface area (Å²) in [7, 11) is -1.67. The van der Waals surface area contributed by atoms with E-state index >= 15 is 0 Å². The van der Waals surface area contributed by atoms with Gasteiger partial charge in [0.05, 0.1) is 6.61 Å². The number of hydrogen-bond donors (Lipinski definition) is 1. The molecular formula is C16H25NO2Si. The third-order valence-corrected chi connectivity index (χ3v) is 9.85. The van der Waals surface area contributed by atoms with E-state index in [0.29, 0.717) is 0 Å². The van der Waals surface area contributed by atoms with E-state index in [2.05, 4.69) is 50.4 Å². The van der Waals surface area contributed by atoms with Crippen LogP contribution < -0.4 is 5.32 Å². The molecule has 3 nitrogen and oxygen atoms in total. The van der Waals surface area contributed by atoms with Gasteiger partial charge in [-0.15, -0.1) is 0 Å². The maximum Gasteiger partial charge on any atom is 0.193 e. The van der Waals surface area contributed by atoms with Crippen molar-refractivity contribution in [2.45, 2.75) is 57.2 Å². The largest absolute Gasteiger partial charge is 0.403 e. The summed E-state index contributed by atoms with van der Waals surface area (Å²) in [4.78, 5) is 0. The van der Waals surface area contributed by atoms with Crippen molar-refractivity contribution >= 4 is 14.0 Å². The molecular weight excluding hydrogens is 266 g/mol. The molecule has 2 atom stereocenters. The molecule has 2 aliphatic heterocycles. The van der Waals surface area contributed by atoms with Crippen molar-refractivity contribution in [1.29, 1.82) is 0 Å². The fourth-order valence-electron chi connectivity index (χ4n) is 3.66. The molecule has 2 heterocycles. The van der Waals surface area contributed by atoms with E-state index in [0.717, 1.165) is 13.0 Å². The van der Waals surface area contributed by atoms with Gasteiger partial charge in [0.25, 0.3) is 0 Å². The third kappa shape index (κ3) is 1.93. The van der Waals surface area contributed by atoms with Crippen molar-refractivity contribution < 1.29 is 9.16 Å². The first-order valence-electron chi connectivity index (χ1n) is 7.87. The Morgan fingerprint density at radius 3 is 2.65 bits per heavy atom. The van der Waals surface area contributed by atoms with Crippen LogP contribution in [0.15, 0.2) is 24.3 Å². The van der Waals surface area contributed by atoms with Crippen molar-refractivity contribution in [2.24, 2.45) is 0 Å². The van der Waals surface area contributed by atoms with E-state index in [1.165, 1.54) is 29.4 Å². The molecule has 0 amide bonds. The molecule has 1 fully saturated rings. The summed E-state index contributed by atoms with van der Waals surface area (Å²) in [5.74, 6) is 0. The number of benzene rings is 1. The van der Waals surface area contributed by atoms with Gasteiger partial charge in [0, 0.05) is 17.7 Å². The van der Waals surface area contributed by atoms with E-state index < -0.39 is 8.32 Å². The van der Waals surface area contributed by atoms with Crippen molar-refractivity contribution in [3.63, 3.8) is 0 Å². The molecule has 1 saturated heterocycles. The fraction of sp³-hybridized carbons (Fsp3) is 0.625. The van der Waals surface area contributed by atoms with Crippen LogP contribution in [0.3, 0.4) is 0 Å². The van der Waals surface area contributed by atoms with Crippen LogP contribution in [-0.2, 0) is 14.8 Å². The van der Waals surface area contributed by atoms with Crippen LogP contribution in [0.1, 0.15) is 32.8 Å². The molecule has 20 heavy (non-hydrogen) atoms. The molecule has 0 radical (unpaired) electrons. The van der Waals surface area contributed by atoms with Gasteiger partial charge >= 0.3 is 0 Å². The third-order valence-electron chi connectivity index (χ3n) is 5.18. The lowest BCUT2D eigenvalue weighted by Crippen LogP contribution is -2.48. The van der Waals surface area contributed by atoms with Crippen molar-refractivity contribution in [1.82, 2.24) is 0 Å². The molecule has 1 aromatic rings. The molecule has 3 rings (SSSR count). The number of ether oxygens (including phenoxy) is 1. The molecule has 1 aromatic carbocycles. The monoisotopic (exact) mass is 291 g/mol. The number of rotatable bonds is 5. The average molecular weight is 291 g/mol. The van der Waals surface area contributed by atoms with Crippen LogP contribution >= 0.6 is 0 Å². The summed E-state index contributed by atoms with van der Waals surface area (Å²) < 4.78 is 12.9. The van der Waals surface area contributed by atoms with E-state index in [1.807, 2.05) is 0 Å². The Balaban J connectivity index is 2.01. The van der Waals surface area contributed by atoms with E-state index in [9.17, 15) is 0 Å². The van der Waals surface area contributed by atoms with E-state index in [1.54, 1.807) is 0 Å². The summed E-state index contributed by atoms with van der Waals surface area (Å²) in [5, 5.41) is 3.51.